The molecule has 0 radical (unpaired) electrons. The fraction of sp³-hybridized carbons (Fsp3) is 0.556. The molecule has 0 aliphatic carbocycles. The Kier molecular flexibility index (Phi) is 6.04. The molecule has 0 atom stereocenters. The van der Waals surface area contributed by atoms with Crippen LogP contribution in [0.1, 0.15) is 38.3 Å². The Hall–Kier alpha value is -2.64. The van der Waals surface area contributed by atoms with Gasteiger partial charge < -0.3 is 9.64 Å². The smallest absolute Gasteiger partial charge is 0.323 e. The molecule has 1 saturated heterocycles. The van der Waals surface area contributed by atoms with Crippen LogP contribution in [0.5, 0.6) is 6.01 Å². The van der Waals surface area contributed by atoms with E-state index in [1.54, 1.807) is 18.5 Å². The number of likely N-dealkylation sites (tertiary alicyclic amines) is 1. The summed E-state index contributed by atoms with van der Waals surface area (Å²) in [6.45, 7) is 6.18. The molecular weight excluding hydrogens is 332 g/mol. The van der Waals surface area contributed by atoms with Crippen molar-refractivity contribution >= 4 is 11.8 Å². The Labute approximate surface area is 153 Å². The summed E-state index contributed by atoms with van der Waals surface area (Å²) < 4.78 is 7.65. The summed E-state index contributed by atoms with van der Waals surface area (Å²) in [5.74, 6) is 0.761. The average Bonchev–Trinajstić information content (AvgIpc) is 3.00. The zero-order chi connectivity index (χ0) is 18.4. The van der Waals surface area contributed by atoms with Gasteiger partial charge in [0.2, 0.25) is 0 Å². The quantitative estimate of drug-likeness (QED) is 0.858. The number of hydrogen-bond acceptors (Lipinski definition) is 5. The molecule has 140 valence electrons. The highest BCUT2D eigenvalue weighted by Gasteiger charge is 2.25. The number of nitrogens with one attached hydrogen (secondary N) is 1. The zero-order valence-corrected chi connectivity index (χ0v) is 15.4. The molecule has 1 fully saturated rings. The standard InChI is InChI=1S/C18H26N6O2/c1-3-4-10-24-16(13-14(2)22-24)21-18(25)23-11-6-15(7-12-23)26-17-19-8-5-9-20-17/h5,8-9,13,15H,3-4,6-7,10-12H2,1-2H3,(H,21,25). The molecule has 8 nitrogen and oxygen atoms in total. The van der Waals surface area contributed by atoms with Crippen molar-refractivity contribution in [3.8, 4) is 6.01 Å². The molecule has 0 spiro atoms. The molecule has 1 aliphatic rings. The first-order chi connectivity index (χ1) is 12.7. The van der Waals surface area contributed by atoms with Crippen molar-refractivity contribution in [3.63, 3.8) is 0 Å². The molecule has 2 aromatic heterocycles. The molecule has 3 heterocycles. The normalized spacial score (nSPS) is 15.1. The Morgan fingerprint density at radius 2 is 2.04 bits per heavy atom. The number of anilines is 1. The zero-order valence-electron chi connectivity index (χ0n) is 15.4. The molecule has 0 unspecified atom stereocenters. The predicted octanol–water partition coefficient (Wildman–Crippen LogP) is 2.86. The van der Waals surface area contributed by atoms with E-state index in [-0.39, 0.29) is 12.1 Å². The number of rotatable bonds is 6. The van der Waals surface area contributed by atoms with Gasteiger partial charge in [-0.05, 0) is 19.4 Å². The van der Waals surface area contributed by atoms with E-state index >= 15 is 0 Å². The molecule has 1 aliphatic heterocycles. The maximum atomic E-state index is 12.6. The van der Waals surface area contributed by atoms with Crippen molar-refractivity contribution in [1.82, 2.24) is 24.6 Å². The van der Waals surface area contributed by atoms with Crippen LogP contribution in [-0.2, 0) is 6.54 Å². The second-order valence-corrected chi connectivity index (χ2v) is 6.51. The van der Waals surface area contributed by atoms with Gasteiger partial charge in [0.05, 0.1) is 5.69 Å². The third kappa shape index (κ3) is 4.71. The van der Waals surface area contributed by atoms with Crippen molar-refractivity contribution in [3.05, 3.63) is 30.2 Å². The number of hydrogen-bond donors (Lipinski definition) is 1. The third-order valence-electron chi connectivity index (χ3n) is 4.40. The average molecular weight is 358 g/mol. The van der Waals surface area contributed by atoms with Crippen molar-refractivity contribution in [2.75, 3.05) is 18.4 Å². The molecule has 2 aromatic rings. The lowest BCUT2D eigenvalue weighted by molar-refractivity contribution is 0.107. The Bertz CT molecular complexity index is 710. The predicted molar refractivity (Wildman–Crippen MR) is 98.1 cm³/mol. The van der Waals surface area contributed by atoms with Crippen molar-refractivity contribution in [2.45, 2.75) is 52.2 Å². The van der Waals surface area contributed by atoms with Gasteiger partial charge in [0.1, 0.15) is 11.9 Å². The summed E-state index contributed by atoms with van der Waals surface area (Å²) in [6.07, 6.45) is 7.01. The van der Waals surface area contributed by atoms with Crippen LogP contribution >= 0.6 is 0 Å². The minimum atomic E-state index is -0.0861. The highest BCUT2D eigenvalue weighted by Crippen LogP contribution is 2.18. The van der Waals surface area contributed by atoms with E-state index in [4.69, 9.17) is 4.74 Å². The van der Waals surface area contributed by atoms with E-state index in [1.165, 1.54) is 0 Å². The first-order valence-electron chi connectivity index (χ1n) is 9.19. The van der Waals surface area contributed by atoms with Gasteiger partial charge in [-0.25, -0.2) is 19.4 Å². The summed E-state index contributed by atoms with van der Waals surface area (Å²) >= 11 is 0. The van der Waals surface area contributed by atoms with Gasteiger partial charge in [-0.2, -0.15) is 5.10 Å². The number of urea groups is 1. The molecule has 2 amide bonds. The van der Waals surface area contributed by atoms with Crippen LogP contribution in [0.3, 0.4) is 0 Å². The van der Waals surface area contributed by atoms with Crippen molar-refractivity contribution in [2.24, 2.45) is 0 Å². The summed E-state index contributed by atoms with van der Waals surface area (Å²) in [6, 6.07) is 3.98. The minimum Gasteiger partial charge on any atom is -0.460 e. The number of piperidine rings is 1. The third-order valence-corrected chi connectivity index (χ3v) is 4.40. The lowest BCUT2D eigenvalue weighted by Gasteiger charge is -2.31. The Morgan fingerprint density at radius 3 is 2.73 bits per heavy atom. The fourth-order valence-corrected chi connectivity index (χ4v) is 2.99. The van der Waals surface area contributed by atoms with E-state index in [9.17, 15) is 4.79 Å². The first-order valence-corrected chi connectivity index (χ1v) is 9.19. The number of carbonyl (C=O) groups excluding carboxylic acids is 1. The molecule has 3 rings (SSSR count). The summed E-state index contributed by atoms with van der Waals surface area (Å²) in [7, 11) is 0. The second kappa shape index (κ2) is 8.64. The molecule has 0 saturated carbocycles. The van der Waals surface area contributed by atoms with Crippen LogP contribution in [0, 0.1) is 6.92 Å². The minimum absolute atomic E-state index is 0.0405. The lowest BCUT2D eigenvalue weighted by Crippen LogP contribution is -2.44. The van der Waals surface area contributed by atoms with Gasteiger partial charge in [0, 0.05) is 50.9 Å². The van der Waals surface area contributed by atoms with Gasteiger partial charge in [-0.15, -0.1) is 0 Å². The highest BCUT2D eigenvalue weighted by atomic mass is 16.5. The second-order valence-electron chi connectivity index (χ2n) is 6.51. The van der Waals surface area contributed by atoms with Crippen LogP contribution in [0.2, 0.25) is 0 Å². The largest absolute Gasteiger partial charge is 0.460 e. The SMILES string of the molecule is CCCCn1nc(C)cc1NC(=O)N1CCC(Oc2ncccn2)CC1. The number of ether oxygens (including phenoxy) is 1. The van der Waals surface area contributed by atoms with Crippen LogP contribution in [0.15, 0.2) is 24.5 Å². The number of amides is 2. The van der Waals surface area contributed by atoms with Crippen LogP contribution < -0.4 is 10.1 Å². The maximum absolute atomic E-state index is 12.6. The van der Waals surface area contributed by atoms with Crippen LogP contribution in [0.4, 0.5) is 10.6 Å². The molecule has 0 aromatic carbocycles. The van der Waals surface area contributed by atoms with Gasteiger partial charge in [0.15, 0.2) is 0 Å². The monoisotopic (exact) mass is 358 g/mol. The molecule has 26 heavy (non-hydrogen) atoms. The topological polar surface area (TPSA) is 85.2 Å². The maximum Gasteiger partial charge on any atom is 0.323 e. The number of nitrogens with zero attached hydrogens (tertiary/aromatic N) is 5. The van der Waals surface area contributed by atoms with Gasteiger partial charge in [-0.1, -0.05) is 13.3 Å². The highest BCUT2D eigenvalue weighted by molar-refractivity contribution is 5.88. The van der Waals surface area contributed by atoms with E-state index in [0.29, 0.717) is 19.1 Å². The molecule has 0 bridgehead atoms. The fourth-order valence-electron chi connectivity index (χ4n) is 2.99. The molecular formula is C18H26N6O2. The Balaban J connectivity index is 1.51. The molecule has 1 N–H and O–H groups in total. The van der Waals surface area contributed by atoms with E-state index < -0.39 is 0 Å². The number of aryl methyl sites for hydroxylation is 2. The van der Waals surface area contributed by atoms with Crippen molar-refractivity contribution in [1.29, 1.82) is 0 Å². The van der Waals surface area contributed by atoms with Gasteiger partial charge in [0.25, 0.3) is 0 Å². The number of aromatic nitrogens is 4. The van der Waals surface area contributed by atoms with Crippen LogP contribution in [-0.4, -0.2) is 49.9 Å². The summed E-state index contributed by atoms with van der Waals surface area (Å²) in [4.78, 5) is 22.6. The lowest BCUT2D eigenvalue weighted by atomic mass is 10.1. The first kappa shape index (κ1) is 18.2. The number of unbranched alkanes of at least 4 members (excludes halogenated alkanes) is 1. The summed E-state index contributed by atoms with van der Waals surface area (Å²) in [5, 5.41) is 7.45. The van der Waals surface area contributed by atoms with E-state index in [0.717, 1.165) is 43.7 Å². The van der Waals surface area contributed by atoms with Crippen molar-refractivity contribution < 1.29 is 9.53 Å². The Morgan fingerprint density at radius 1 is 1.31 bits per heavy atom. The van der Waals surface area contributed by atoms with Crippen LogP contribution in [0.25, 0.3) is 0 Å². The summed E-state index contributed by atoms with van der Waals surface area (Å²) in [5.41, 5.74) is 0.909. The number of carbonyl (C=O) groups is 1. The molecule has 8 heteroatoms. The van der Waals surface area contributed by atoms with Gasteiger partial charge >= 0.3 is 12.0 Å². The van der Waals surface area contributed by atoms with E-state index in [1.807, 2.05) is 22.6 Å². The van der Waals surface area contributed by atoms with E-state index in [2.05, 4.69) is 27.3 Å². The van der Waals surface area contributed by atoms with Gasteiger partial charge in [-0.3, -0.25) is 5.32 Å².